The summed E-state index contributed by atoms with van der Waals surface area (Å²) in [4.78, 5) is 4.41. The zero-order valence-corrected chi connectivity index (χ0v) is 9.81. The lowest BCUT2D eigenvalue weighted by atomic mass is 10.1. The average Bonchev–Trinajstić information content (AvgIpc) is 2.29. The Labute approximate surface area is 97.8 Å². The second-order valence-corrected chi connectivity index (χ2v) is 4.25. The fourth-order valence-electron chi connectivity index (χ4n) is 1.93. The van der Waals surface area contributed by atoms with Gasteiger partial charge in [0.25, 0.3) is 0 Å². The van der Waals surface area contributed by atoms with Crippen LogP contribution in [0.5, 0.6) is 0 Å². The van der Waals surface area contributed by atoms with Gasteiger partial charge in [0.15, 0.2) is 0 Å². The van der Waals surface area contributed by atoms with Gasteiger partial charge in [-0.3, -0.25) is 9.80 Å². The number of rotatable bonds is 6. The first-order valence-electron chi connectivity index (χ1n) is 5.87. The number of aliphatic hydroxyl groups is 1. The van der Waals surface area contributed by atoms with Crippen molar-refractivity contribution < 1.29 is 5.11 Å². The van der Waals surface area contributed by atoms with Gasteiger partial charge in [-0.15, -0.1) is 6.58 Å². The van der Waals surface area contributed by atoms with E-state index in [2.05, 4.69) is 22.4 Å². The van der Waals surface area contributed by atoms with Crippen LogP contribution in [0.15, 0.2) is 12.7 Å². The summed E-state index contributed by atoms with van der Waals surface area (Å²) in [6.45, 7) is 8.68. The third-order valence-electron chi connectivity index (χ3n) is 2.93. The number of β-amino-alcohol motifs (C(OH)–C–C–N with tert-alkyl or cyclic N) is 1. The van der Waals surface area contributed by atoms with E-state index in [-0.39, 0.29) is 6.10 Å². The Bertz CT molecular complexity index is 241. The molecule has 0 amide bonds. The third kappa shape index (κ3) is 4.75. The van der Waals surface area contributed by atoms with Crippen LogP contribution in [-0.2, 0) is 0 Å². The Morgan fingerprint density at radius 1 is 1.31 bits per heavy atom. The Hall–Kier alpha value is -0.890. The highest BCUT2D eigenvalue weighted by Crippen LogP contribution is 2.05. The standard InChI is InChI=1S/C12H21N3O/c1-2-3-4-12(16)11-15-9-7-14(6-5-13)8-10-15/h2,12,16H,1,3-4,6-11H2. The number of hydrogen-bond acceptors (Lipinski definition) is 4. The van der Waals surface area contributed by atoms with Crippen molar-refractivity contribution in [3.05, 3.63) is 12.7 Å². The molecule has 1 atom stereocenters. The maximum atomic E-state index is 9.75. The zero-order chi connectivity index (χ0) is 11.8. The van der Waals surface area contributed by atoms with E-state index in [1.54, 1.807) is 0 Å². The number of nitriles is 1. The summed E-state index contributed by atoms with van der Waals surface area (Å²) < 4.78 is 0. The molecule has 1 unspecified atom stereocenters. The van der Waals surface area contributed by atoms with Gasteiger partial charge in [0.1, 0.15) is 0 Å². The van der Waals surface area contributed by atoms with Crippen LogP contribution in [0.1, 0.15) is 12.8 Å². The minimum Gasteiger partial charge on any atom is -0.392 e. The van der Waals surface area contributed by atoms with Crippen LogP contribution in [0.4, 0.5) is 0 Å². The van der Waals surface area contributed by atoms with Crippen molar-refractivity contribution in [1.82, 2.24) is 9.80 Å². The maximum Gasteiger partial charge on any atom is 0.0866 e. The Morgan fingerprint density at radius 2 is 1.94 bits per heavy atom. The largest absolute Gasteiger partial charge is 0.392 e. The summed E-state index contributed by atoms with van der Waals surface area (Å²) >= 11 is 0. The molecule has 1 aliphatic rings. The van der Waals surface area contributed by atoms with Crippen LogP contribution in [-0.4, -0.2) is 60.3 Å². The number of allylic oxidation sites excluding steroid dienone is 1. The average molecular weight is 223 g/mol. The van der Waals surface area contributed by atoms with Gasteiger partial charge in [0.2, 0.25) is 0 Å². The molecule has 0 bridgehead atoms. The molecule has 1 heterocycles. The van der Waals surface area contributed by atoms with E-state index in [1.165, 1.54) is 0 Å². The van der Waals surface area contributed by atoms with Gasteiger partial charge in [-0.05, 0) is 12.8 Å². The van der Waals surface area contributed by atoms with Gasteiger partial charge in [-0.25, -0.2) is 0 Å². The fraction of sp³-hybridized carbons (Fsp3) is 0.750. The highest BCUT2D eigenvalue weighted by Gasteiger charge is 2.18. The Balaban J connectivity index is 2.16. The Kier molecular flexibility index (Phi) is 6.09. The lowest BCUT2D eigenvalue weighted by Crippen LogP contribution is -2.48. The zero-order valence-electron chi connectivity index (χ0n) is 9.81. The summed E-state index contributed by atoms with van der Waals surface area (Å²) in [6, 6.07) is 2.17. The monoisotopic (exact) mass is 223 g/mol. The predicted molar refractivity (Wildman–Crippen MR) is 63.9 cm³/mol. The maximum absolute atomic E-state index is 9.75. The number of aliphatic hydroxyl groups excluding tert-OH is 1. The first-order chi connectivity index (χ1) is 7.76. The van der Waals surface area contributed by atoms with E-state index in [0.29, 0.717) is 6.54 Å². The van der Waals surface area contributed by atoms with Gasteiger partial charge in [0, 0.05) is 32.7 Å². The molecule has 4 heteroatoms. The second-order valence-electron chi connectivity index (χ2n) is 4.25. The normalized spacial score (nSPS) is 20.2. The van der Waals surface area contributed by atoms with Crippen LogP contribution in [0.2, 0.25) is 0 Å². The van der Waals surface area contributed by atoms with Gasteiger partial charge < -0.3 is 5.11 Å². The van der Waals surface area contributed by atoms with Crippen molar-refractivity contribution in [3.63, 3.8) is 0 Å². The van der Waals surface area contributed by atoms with Crippen LogP contribution in [0.25, 0.3) is 0 Å². The van der Waals surface area contributed by atoms with Crippen molar-refractivity contribution in [2.75, 3.05) is 39.3 Å². The molecule has 0 aromatic carbocycles. The van der Waals surface area contributed by atoms with E-state index in [1.807, 2.05) is 6.08 Å². The van der Waals surface area contributed by atoms with Gasteiger partial charge in [-0.2, -0.15) is 5.26 Å². The first kappa shape index (κ1) is 13.2. The van der Waals surface area contributed by atoms with Crippen molar-refractivity contribution in [2.24, 2.45) is 0 Å². The molecule has 4 nitrogen and oxygen atoms in total. The quantitative estimate of drug-likeness (QED) is 0.525. The van der Waals surface area contributed by atoms with Crippen LogP contribution < -0.4 is 0 Å². The number of piperazine rings is 1. The van der Waals surface area contributed by atoms with Crippen LogP contribution >= 0.6 is 0 Å². The van der Waals surface area contributed by atoms with E-state index in [0.717, 1.165) is 45.6 Å². The van der Waals surface area contributed by atoms with E-state index in [9.17, 15) is 5.11 Å². The smallest absolute Gasteiger partial charge is 0.0866 e. The van der Waals surface area contributed by atoms with Gasteiger partial charge >= 0.3 is 0 Å². The van der Waals surface area contributed by atoms with Gasteiger partial charge in [-0.1, -0.05) is 6.08 Å². The lowest BCUT2D eigenvalue weighted by molar-refractivity contribution is 0.0731. The SMILES string of the molecule is C=CCCC(O)CN1CCN(CC#N)CC1. The molecule has 0 aliphatic carbocycles. The molecule has 1 fully saturated rings. The molecule has 1 rings (SSSR count). The van der Waals surface area contributed by atoms with E-state index in [4.69, 9.17) is 5.26 Å². The summed E-state index contributed by atoms with van der Waals surface area (Å²) in [5, 5.41) is 18.3. The van der Waals surface area contributed by atoms with E-state index < -0.39 is 0 Å². The van der Waals surface area contributed by atoms with Crippen LogP contribution in [0, 0.1) is 11.3 Å². The van der Waals surface area contributed by atoms with Crippen molar-refractivity contribution >= 4 is 0 Å². The highest BCUT2D eigenvalue weighted by molar-refractivity contribution is 4.81. The minimum absolute atomic E-state index is 0.250. The summed E-state index contributed by atoms with van der Waals surface area (Å²) in [5.41, 5.74) is 0. The fourth-order valence-corrected chi connectivity index (χ4v) is 1.93. The molecular formula is C12H21N3O. The highest BCUT2D eigenvalue weighted by atomic mass is 16.3. The van der Waals surface area contributed by atoms with E-state index >= 15 is 0 Å². The molecule has 1 saturated heterocycles. The summed E-state index contributed by atoms with van der Waals surface area (Å²) in [7, 11) is 0. The van der Waals surface area contributed by atoms with Crippen molar-refractivity contribution in [2.45, 2.75) is 18.9 Å². The topological polar surface area (TPSA) is 50.5 Å². The minimum atomic E-state index is -0.250. The lowest BCUT2D eigenvalue weighted by Gasteiger charge is -2.34. The molecule has 0 saturated carbocycles. The molecule has 16 heavy (non-hydrogen) atoms. The second kappa shape index (κ2) is 7.39. The number of nitrogens with zero attached hydrogens (tertiary/aromatic N) is 3. The van der Waals surface area contributed by atoms with Gasteiger partial charge in [0.05, 0.1) is 18.7 Å². The molecular weight excluding hydrogens is 202 g/mol. The molecule has 0 aromatic rings. The molecule has 90 valence electrons. The third-order valence-corrected chi connectivity index (χ3v) is 2.93. The first-order valence-corrected chi connectivity index (χ1v) is 5.87. The predicted octanol–water partition coefficient (Wildman–Crippen LogP) is 0.455. The molecule has 0 radical (unpaired) electrons. The Morgan fingerprint density at radius 3 is 2.50 bits per heavy atom. The van der Waals surface area contributed by atoms with Crippen molar-refractivity contribution in [1.29, 1.82) is 5.26 Å². The van der Waals surface area contributed by atoms with Crippen molar-refractivity contribution in [3.8, 4) is 6.07 Å². The van der Waals surface area contributed by atoms with Crippen LogP contribution in [0.3, 0.4) is 0 Å². The molecule has 0 spiro atoms. The molecule has 1 N–H and O–H groups in total. The molecule has 0 aromatic heterocycles. The number of hydrogen-bond donors (Lipinski definition) is 1. The summed E-state index contributed by atoms with van der Waals surface area (Å²) in [5.74, 6) is 0. The summed E-state index contributed by atoms with van der Waals surface area (Å²) in [6.07, 6.45) is 3.26. The molecule has 1 aliphatic heterocycles.